The second-order valence-electron chi connectivity index (χ2n) is 10.5. The molecule has 5 heteroatoms. The van der Waals surface area contributed by atoms with E-state index in [1.54, 1.807) is 0 Å². The van der Waals surface area contributed by atoms with E-state index in [-0.39, 0.29) is 17.8 Å². The second kappa shape index (κ2) is 6.65. The number of aliphatic hydroxyl groups is 1. The average Bonchev–Trinajstić information content (AvgIpc) is 2.92. The zero-order chi connectivity index (χ0) is 20.3. The highest BCUT2D eigenvalue weighted by Gasteiger charge is 2.66. The highest BCUT2D eigenvalue weighted by molar-refractivity contribution is 5.91. The number of fused-ring (bicyclic) bond motifs is 5. The minimum absolute atomic E-state index is 0.223. The molecule has 0 aromatic rings. The molecule has 0 amide bonds. The minimum atomic E-state index is -1.39. The monoisotopic (exact) mass is 390 g/mol. The summed E-state index contributed by atoms with van der Waals surface area (Å²) in [5.41, 5.74) is -1.61. The summed E-state index contributed by atoms with van der Waals surface area (Å²) in [4.78, 5) is 36.0. The Bertz CT molecular complexity index is 701. The number of hydrogen-bond acceptors (Lipinski definition) is 5. The number of Topliss-reactive ketones (excluding diaryl/α,β-unsaturated/α-hetero) is 2. The van der Waals surface area contributed by atoms with Gasteiger partial charge in [0.2, 0.25) is 5.78 Å². The molecule has 0 heterocycles. The van der Waals surface area contributed by atoms with Crippen LogP contribution < -0.4 is 0 Å². The molecule has 0 aliphatic heterocycles. The molecular weight excluding hydrogens is 356 g/mol. The smallest absolute Gasteiger partial charge is 0.303 e. The van der Waals surface area contributed by atoms with Crippen molar-refractivity contribution in [2.45, 2.75) is 84.2 Å². The highest BCUT2D eigenvalue weighted by Crippen LogP contribution is 2.68. The molecule has 1 N–H and O–H groups in total. The van der Waals surface area contributed by atoms with Crippen LogP contribution in [0.15, 0.2) is 0 Å². The van der Waals surface area contributed by atoms with Crippen molar-refractivity contribution in [1.82, 2.24) is 0 Å². The van der Waals surface area contributed by atoms with Crippen LogP contribution in [0.3, 0.4) is 0 Å². The van der Waals surface area contributed by atoms with Crippen LogP contribution in [0, 0.1) is 34.5 Å². The summed E-state index contributed by atoms with van der Waals surface area (Å²) < 4.78 is 4.93. The fourth-order valence-corrected chi connectivity index (χ4v) is 7.81. The maximum Gasteiger partial charge on any atom is 0.303 e. The molecular formula is C23H34O5. The zero-order valence-electron chi connectivity index (χ0n) is 17.5. The standard InChI is InChI=1S/C23H34O5/c1-14(24)28-13-20(26)23(27)11-8-19-17-5-4-15-12-16(25)6-9-21(15,2)18(17)7-10-22(19,23)3/h15,17-19,27H,4-13H2,1-3H3/t15-,17+,18+,19-,21+,22+,23+/m0/s1. The summed E-state index contributed by atoms with van der Waals surface area (Å²) in [5.74, 6) is 1.53. The lowest BCUT2D eigenvalue weighted by atomic mass is 9.44. The molecule has 0 saturated heterocycles. The van der Waals surface area contributed by atoms with Gasteiger partial charge in [0.15, 0.2) is 6.61 Å². The number of ether oxygens (including phenoxy) is 1. The van der Waals surface area contributed by atoms with Gasteiger partial charge in [0.05, 0.1) is 0 Å². The summed E-state index contributed by atoms with van der Waals surface area (Å²) in [6.45, 7) is 5.45. The number of carbonyl (C=O) groups excluding carboxylic acids is 3. The molecule has 0 spiro atoms. The first-order valence-electron chi connectivity index (χ1n) is 11.0. The van der Waals surface area contributed by atoms with Crippen molar-refractivity contribution < 1.29 is 24.2 Å². The number of hydrogen-bond donors (Lipinski definition) is 1. The van der Waals surface area contributed by atoms with Crippen LogP contribution in [0.4, 0.5) is 0 Å². The minimum Gasteiger partial charge on any atom is -0.458 e. The third-order valence-corrected chi connectivity index (χ3v) is 9.50. The molecule has 156 valence electrons. The Morgan fingerprint density at radius 2 is 1.79 bits per heavy atom. The van der Waals surface area contributed by atoms with Gasteiger partial charge in [-0.05, 0) is 74.0 Å². The van der Waals surface area contributed by atoms with Gasteiger partial charge in [-0.25, -0.2) is 0 Å². The van der Waals surface area contributed by atoms with Crippen molar-refractivity contribution in [2.24, 2.45) is 34.5 Å². The SMILES string of the molecule is CC(=O)OCC(=O)[C@]1(O)CC[C@H]2[C@@H]3CC[C@H]4CC(=O)CC[C@@]4(C)[C@@H]3CC[C@]21C. The van der Waals surface area contributed by atoms with Gasteiger partial charge in [0.1, 0.15) is 11.4 Å². The summed E-state index contributed by atoms with van der Waals surface area (Å²) in [6.07, 6.45) is 7.82. The molecule has 4 aliphatic carbocycles. The first kappa shape index (κ1) is 20.1. The Balaban J connectivity index is 1.57. The van der Waals surface area contributed by atoms with Crippen LogP contribution in [0.5, 0.6) is 0 Å². The number of carbonyl (C=O) groups is 3. The Morgan fingerprint density at radius 1 is 1.07 bits per heavy atom. The molecule has 28 heavy (non-hydrogen) atoms. The maximum absolute atomic E-state index is 12.9. The van der Waals surface area contributed by atoms with Crippen molar-refractivity contribution in [3.05, 3.63) is 0 Å². The fraction of sp³-hybridized carbons (Fsp3) is 0.870. The first-order chi connectivity index (χ1) is 13.1. The summed E-state index contributed by atoms with van der Waals surface area (Å²) in [5, 5.41) is 11.5. The maximum atomic E-state index is 12.9. The van der Waals surface area contributed by atoms with Crippen LogP contribution in [0.25, 0.3) is 0 Å². The van der Waals surface area contributed by atoms with E-state index in [1.165, 1.54) is 6.92 Å². The lowest BCUT2D eigenvalue weighted by molar-refractivity contribution is -0.175. The van der Waals surface area contributed by atoms with Crippen LogP contribution in [0.1, 0.15) is 78.6 Å². The molecule has 0 aromatic heterocycles. The number of ketones is 2. The van der Waals surface area contributed by atoms with Crippen molar-refractivity contribution in [1.29, 1.82) is 0 Å². The van der Waals surface area contributed by atoms with Crippen LogP contribution in [0.2, 0.25) is 0 Å². The number of rotatable bonds is 3. The van der Waals surface area contributed by atoms with E-state index in [0.29, 0.717) is 42.3 Å². The van der Waals surface area contributed by atoms with E-state index in [1.807, 2.05) is 0 Å². The zero-order valence-corrected chi connectivity index (χ0v) is 17.5. The van der Waals surface area contributed by atoms with Crippen LogP contribution >= 0.6 is 0 Å². The van der Waals surface area contributed by atoms with Gasteiger partial charge < -0.3 is 9.84 Å². The van der Waals surface area contributed by atoms with Gasteiger partial charge in [-0.1, -0.05) is 13.8 Å². The molecule has 0 aromatic carbocycles. The molecule has 4 saturated carbocycles. The quantitative estimate of drug-likeness (QED) is 0.747. The summed E-state index contributed by atoms with van der Waals surface area (Å²) in [7, 11) is 0. The number of esters is 1. The second-order valence-corrected chi connectivity index (χ2v) is 10.5. The normalized spacial score (nSPS) is 47.6. The molecule has 5 nitrogen and oxygen atoms in total. The Hall–Kier alpha value is -1.23. The van der Waals surface area contributed by atoms with Crippen LogP contribution in [-0.2, 0) is 19.1 Å². The molecule has 0 radical (unpaired) electrons. The molecule has 4 fully saturated rings. The van der Waals surface area contributed by atoms with Crippen molar-refractivity contribution in [3.63, 3.8) is 0 Å². The predicted octanol–water partition coefficient (Wildman–Crippen LogP) is 3.46. The van der Waals surface area contributed by atoms with Gasteiger partial charge in [-0.3, -0.25) is 14.4 Å². The van der Waals surface area contributed by atoms with Gasteiger partial charge in [0.25, 0.3) is 0 Å². The first-order valence-corrected chi connectivity index (χ1v) is 11.0. The van der Waals surface area contributed by atoms with E-state index in [0.717, 1.165) is 44.9 Å². The van der Waals surface area contributed by atoms with Gasteiger partial charge in [-0.2, -0.15) is 0 Å². The molecule has 4 rings (SSSR count). The van der Waals surface area contributed by atoms with E-state index >= 15 is 0 Å². The van der Waals surface area contributed by atoms with Crippen molar-refractivity contribution in [3.8, 4) is 0 Å². The van der Waals surface area contributed by atoms with Crippen LogP contribution in [-0.4, -0.2) is 34.9 Å². The largest absolute Gasteiger partial charge is 0.458 e. The van der Waals surface area contributed by atoms with E-state index < -0.39 is 17.0 Å². The van der Waals surface area contributed by atoms with Crippen molar-refractivity contribution in [2.75, 3.05) is 6.61 Å². The van der Waals surface area contributed by atoms with Gasteiger partial charge in [0, 0.05) is 25.2 Å². The van der Waals surface area contributed by atoms with Gasteiger partial charge >= 0.3 is 5.97 Å². The van der Waals surface area contributed by atoms with E-state index in [4.69, 9.17) is 4.74 Å². The fourth-order valence-electron chi connectivity index (χ4n) is 7.81. The Kier molecular flexibility index (Phi) is 4.76. The molecule has 0 unspecified atom stereocenters. The lowest BCUT2D eigenvalue weighted by Gasteiger charge is -2.60. The third kappa shape index (κ3) is 2.72. The highest BCUT2D eigenvalue weighted by atomic mass is 16.5. The topological polar surface area (TPSA) is 80.7 Å². The van der Waals surface area contributed by atoms with Crippen molar-refractivity contribution >= 4 is 17.5 Å². The van der Waals surface area contributed by atoms with Gasteiger partial charge in [-0.15, -0.1) is 0 Å². The predicted molar refractivity (Wildman–Crippen MR) is 103 cm³/mol. The summed E-state index contributed by atoms with van der Waals surface area (Å²) >= 11 is 0. The Morgan fingerprint density at radius 3 is 2.50 bits per heavy atom. The average molecular weight is 391 g/mol. The molecule has 0 bridgehead atoms. The third-order valence-electron chi connectivity index (χ3n) is 9.50. The van der Waals surface area contributed by atoms with E-state index in [9.17, 15) is 19.5 Å². The lowest BCUT2D eigenvalue weighted by Crippen LogP contribution is -2.59. The summed E-state index contributed by atoms with van der Waals surface area (Å²) in [6, 6.07) is 0. The van der Waals surface area contributed by atoms with E-state index in [2.05, 4.69) is 13.8 Å². The Labute approximate surface area is 167 Å². The molecule has 7 atom stereocenters. The molecule has 4 aliphatic rings.